The van der Waals surface area contributed by atoms with Gasteiger partial charge >= 0.3 is 0 Å². The Hall–Kier alpha value is -0.870. The summed E-state index contributed by atoms with van der Waals surface area (Å²) in [6.45, 7) is 7.89. The maximum Gasteiger partial charge on any atom is 0.128 e. The highest BCUT2D eigenvalue weighted by molar-refractivity contribution is 9.10. The lowest BCUT2D eigenvalue weighted by Crippen LogP contribution is -2.18. The number of halogens is 2. The van der Waals surface area contributed by atoms with E-state index in [1.807, 2.05) is 6.92 Å². The zero-order valence-corrected chi connectivity index (χ0v) is 10.8. The summed E-state index contributed by atoms with van der Waals surface area (Å²) in [5.74, 6) is 0.186. The molecule has 0 unspecified atom stereocenters. The third kappa shape index (κ3) is 4.77. The van der Waals surface area contributed by atoms with Crippen LogP contribution in [0.25, 0.3) is 0 Å². The molecule has 4 heteroatoms. The number of rotatable bonds is 6. The first-order valence-corrected chi connectivity index (χ1v) is 5.87. The molecule has 0 aliphatic rings. The van der Waals surface area contributed by atoms with E-state index in [9.17, 15) is 4.39 Å². The SMILES string of the molecule is C=C(CNCC)COc1cc(F)cc(Br)c1. The molecule has 1 aromatic carbocycles. The van der Waals surface area contributed by atoms with Crippen molar-refractivity contribution < 1.29 is 9.13 Å². The molecule has 0 aliphatic heterocycles. The fourth-order valence-corrected chi connectivity index (χ4v) is 1.59. The summed E-state index contributed by atoms with van der Waals surface area (Å²) >= 11 is 3.21. The number of benzene rings is 1. The molecule has 16 heavy (non-hydrogen) atoms. The van der Waals surface area contributed by atoms with Gasteiger partial charge in [0.2, 0.25) is 0 Å². The van der Waals surface area contributed by atoms with Crippen molar-refractivity contribution in [2.45, 2.75) is 6.92 Å². The van der Waals surface area contributed by atoms with E-state index >= 15 is 0 Å². The van der Waals surface area contributed by atoms with Gasteiger partial charge < -0.3 is 10.1 Å². The van der Waals surface area contributed by atoms with Crippen LogP contribution >= 0.6 is 15.9 Å². The maximum atomic E-state index is 13.0. The van der Waals surface area contributed by atoms with Crippen molar-refractivity contribution in [1.29, 1.82) is 0 Å². The molecule has 0 aromatic heterocycles. The van der Waals surface area contributed by atoms with Crippen LogP contribution in [0.5, 0.6) is 5.75 Å². The summed E-state index contributed by atoms with van der Waals surface area (Å²) in [7, 11) is 0. The van der Waals surface area contributed by atoms with Gasteiger partial charge in [0.05, 0.1) is 0 Å². The molecule has 1 rings (SSSR count). The minimum absolute atomic E-state index is 0.318. The van der Waals surface area contributed by atoms with Gasteiger partial charge in [0.15, 0.2) is 0 Å². The average Bonchev–Trinajstić information content (AvgIpc) is 2.22. The van der Waals surface area contributed by atoms with Crippen LogP contribution in [0.4, 0.5) is 4.39 Å². The predicted octanol–water partition coefficient (Wildman–Crippen LogP) is 3.13. The molecule has 2 nitrogen and oxygen atoms in total. The quantitative estimate of drug-likeness (QED) is 0.812. The van der Waals surface area contributed by atoms with E-state index in [1.54, 1.807) is 6.07 Å². The molecule has 0 radical (unpaired) electrons. The average molecular weight is 288 g/mol. The van der Waals surface area contributed by atoms with Crippen molar-refractivity contribution in [3.05, 3.63) is 40.6 Å². The van der Waals surface area contributed by atoms with Crippen molar-refractivity contribution >= 4 is 15.9 Å². The van der Waals surface area contributed by atoms with Gasteiger partial charge in [-0.25, -0.2) is 4.39 Å². The fraction of sp³-hybridized carbons (Fsp3) is 0.333. The van der Waals surface area contributed by atoms with E-state index in [0.717, 1.165) is 12.1 Å². The minimum Gasteiger partial charge on any atom is -0.489 e. The van der Waals surface area contributed by atoms with E-state index < -0.39 is 0 Å². The van der Waals surface area contributed by atoms with Crippen molar-refractivity contribution in [2.75, 3.05) is 19.7 Å². The van der Waals surface area contributed by atoms with Crippen molar-refractivity contribution in [1.82, 2.24) is 5.32 Å². The first-order valence-electron chi connectivity index (χ1n) is 5.08. The zero-order valence-electron chi connectivity index (χ0n) is 9.22. The Balaban J connectivity index is 2.45. The van der Waals surface area contributed by atoms with Gasteiger partial charge in [-0.2, -0.15) is 0 Å². The van der Waals surface area contributed by atoms with Gasteiger partial charge in [-0.3, -0.25) is 0 Å². The molecule has 0 atom stereocenters. The fourth-order valence-electron chi connectivity index (χ4n) is 1.15. The summed E-state index contributed by atoms with van der Waals surface area (Å²) < 4.78 is 19.1. The molecule has 1 N–H and O–H groups in total. The van der Waals surface area contributed by atoms with Crippen LogP contribution in [0.15, 0.2) is 34.8 Å². The standard InChI is InChI=1S/C12H15BrFNO/c1-3-15-7-9(2)8-16-12-5-10(13)4-11(14)6-12/h4-6,15H,2-3,7-8H2,1H3. The smallest absolute Gasteiger partial charge is 0.128 e. The van der Waals surface area contributed by atoms with Crippen LogP contribution in [-0.2, 0) is 0 Å². The first kappa shape index (κ1) is 13.2. The van der Waals surface area contributed by atoms with E-state index in [1.165, 1.54) is 12.1 Å². The number of likely N-dealkylation sites (N-methyl/N-ethyl adjacent to an activating group) is 1. The van der Waals surface area contributed by atoms with Gasteiger partial charge in [-0.15, -0.1) is 0 Å². The molecule has 0 spiro atoms. The summed E-state index contributed by atoms with van der Waals surface area (Å²) in [6, 6.07) is 4.47. The monoisotopic (exact) mass is 287 g/mol. The van der Waals surface area contributed by atoms with Crippen LogP contribution in [0.3, 0.4) is 0 Å². The summed E-state index contributed by atoms with van der Waals surface area (Å²) in [4.78, 5) is 0. The van der Waals surface area contributed by atoms with Gasteiger partial charge in [-0.05, 0) is 24.3 Å². The third-order valence-electron chi connectivity index (χ3n) is 1.90. The lowest BCUT2D eigenvalue weighted by Gasteiger charge is -2.09. The summed E-state index contributed by atoms with van der Waals surface area (Å²) in [6.07, 6.45) is 0. The molecular formula is C12H15BrFNO. The Labute approximate surface area is 104 Å². The molecule has 0 fully saturated rings. The Morgan fingerprint density at radius 1 is 1.50 bits per heavy atom. The lowest BCUT2D eigenvalue weighted by atomic mass is 10.3. The second-order valence-electron chi connectivity index (χ2n) is 3.42. The van der Waals surface area contributed by atoms with Crippen LogP contribution in [0, 0.1) is 5.82 Å². The lowest BCUT2D eigenvalue weighted by molar-refractivity contribution is 0.346. The van der Waals surface area contributed by atoms with Gasteiger partial charge in [0, 0.05) is 17.1 Å². The maximum absolute atomic E-state index is 13.0. The van der Waals surface area contributed by atoms with E-state index in [-0.39, 0.29) is 5.82 Å². The second-order valence-corrected chi connectivity index (χ2v) is 4.34. The molecule has 0 bridgehead atoms. The topological polar surface area (TPSA) is 21.3 Å². The van der Waals surface area contributed by atoms with Crippen molar-refractivity contribution in [2.24, 2.45) is 0 Å². The van der Waals surface area contributed by atoms with Crippen molar-refractivity contribution in [3.8, 4) is 5.75 Å². The molecule has 0 amide bonds. The van der Waals surface area contributed by atoms with Crippen LogP contribution in [0.2, 0.25) is 0 Å². The molecule has 0 saturated heterocycles. The minimum atomic E-state index is -0.318. The van der Waals surface area contributed by atoms with Crippen molar-refractivity contribution in [3.63, 3.8) is 0 Å². The molecule has 0 heterocycles. The third-order valence-corrected chi connectivity index (χ3v) is 2.36. The highest BCUT2D eigenvalue weighted by Crippen LogP contribution is 2.20. The van der Waals surface area contributed by atoms with Gasteiger partial charge in [0.1, 0.15) is 18.2 Å². The van der Waals surface area contributed by atoms with Crippen LogP contribution in [0.1, 0.15) is 6.92 Å². The molecule has 0 aliphatic carbocycles. The molecule has 88 valence electrons. The highest BCUT2D eigenvalue weighted by atomic mass is 79.9. The van der Waals surface area contributed by atoms with Crippen LogP contribution in [-0.4, -0.2) is 19.7 Å². The number of hydrogen-bond donors (Lipinski definition) is 1. The Morgan fingerprint density at radius 3 is 2.88 bits per heavy atom. The van der Waals surface area contributed by atoms with Gasteiger partial charge in [0.25, 0.3) is 0 Å². The zero-order chi connectivity index (χ0) is 12.0. The second kappa shape index (κ2) is 6.66. The molecular weight excluding hydrogens is 273 g/mol. The van der Waals surface area contributed by atoms with Crippen LogP contribution < -0.4 is 10.1 Å². The molecule has 0 saturated carbocycles. The van der Waals surface area contributed by atoms with E-state index in [0.29, 0.717) is 23.4 Å². The normalized spacial score (nSPS) is 10.2. The molecule has 1 aromatic rings. The predicted molar refractivity (Wildman–Crippen MR) is 67.3 cm³/mol. The summed E-state index contributed by atoms with van der Waals surface area (Å²) in [5, 5.41) is 3.14. The van der Waals surface area contributed by atoms with E-state index in [2.05, 4.69) is 27.8 Å². The number of ether oxygens (including phenoxy) is 1. The highest BCUT2D eigenvalue weighted by Gasteiger charge is 2.01. The largest absolute Gasteiger partial charge is 0.489 e. The first-order chi connectivity index (χ1) is 7.61. The summed E-state index contributed by atoms with van der Waals surface area (Å²) in [5.41, 5.74) is 0.933. The Bertz CT molecular complexity index is 348. The number of nitrogens with one attached hydrogen (secondary N) is 1. The Kier molecular flexibility index (Phi) is 5.49. The van der Waals surface area contributed by atoms with Gasteiger partial charge in [-0.1, -0.05) is 29.4 Å². The number of hydrogen-bond acceptors (Lipinski definition) is 2. The Morgan fingerprint density at radius 2 is 2.25 bits per heavy atom. The van der Waals surface area contributed by atoms with E-state index in [4.69, 9.17) is 4.74 Å².